The highest BCUT2D eigenvalue weighted by atomic mass is 16.5. The Balaban J connectivity index is 2.30. The Morgan fingerprint density at radius 3 is 2.68 bits per heavy atom. The first-order chi connectivity index (χ1) is 9.17. The quantitative estimate of drug-likeness (QED) is 0.895. The molecule has 0 aliphatic heterocycles. The fourth-order valence-corrected chi connectivity index (χ4v) is 1.82. The van der Waals surface area contributed by atoms with Crippen molar-refractivity contribution in [3.63, 3.8) is 0 Å². The zero-order valence-corrected chi connectivity index (χ0v) is 11.7. The maximum absolute atomic E-state index is 5.35. The Bertz CT molecular complexity index is 539. The Morgan fingerprint density at radius 1 is 1.26 bits per heavy atom. The van der Waals surface area contributed by atoms with E-state index in [1.165, 1.54) is 0 Å². The normalized spacial score (nSPS) is 14.1. The molecule has 102 valence electrons. The van der Waals surface area contributed by atoms with Crippen LogP contribution in [0.25, 0.3) is 11.4 Å². The first-order valence-corrected chi connectivity index (χ1v) is 6.31. The summed E-state index contributed by atoms with van der Waals surface area (Å²) < 4.78 is 10.7. The standard InChI is InChI=1S/C14H19N3O2/c1-9(10(2)15-3)14-16-13(17-19-14)11-7-5-6-8-12(11)18-4/h5-10,15H,1-4H3. The van der Waals surface area contributed by atoms with Crippen molar-refractivity contribution >= 4 is 0 Å². The molecule has 1 heterocycles. The highest BCUT2D eigenvalue weighted by molar-refractivity contribution is 5.63. The van der Waals surface area contributed by atoms with Gasteiger partial charge in [-0.3, -0.25) is 0 Å². The van der Waals surface area contributed by atoms with E-state index < -0.39 is 0 Å². The van der Waals surface area contributed by atoms with E-state index in [2.05, 4.69) is 29.3 Å². The number of likely N-dealkylation sites (N-methyl/N-ethyl adjacent to an activating group) is 1. The molecule has 0 amide bonds. The van der Waals surface area contributed by atoms with Crippen LogP contribution in [-0.2, 0) is 0 Å². The molecule has 0 aliphatic rings. The van der Waals surface area contributed by atoms with Gasteiger partial charge in [-0.2, -0.15) is 4.98 Å². The molecule has 0 radical (unpaired) electrons. The van der Waals surface area contributed by atoms with Crippen LogP contribution in [0.5, 0.6) is 5.75 Å². The fraction of sp³-hybridized carbons (Fsp3) is 0.429. The Labute approximate surface area is 113 Å². The lowest BCUT2D eigenvalue weighted by Gasteiger charge is -2.14. The van der Waals surface area contributed by atoms with Gasteiger partial charge in [0.1, 0.15) is 5.75 Å². The van der Waals surface area contributed by atoms with Gasteiger partial charge in [0, 0.05) is 6.04 Å². The largest absolute Gasteiger partial charge is 0.496 e. The molecule has 2 unspecified atom stereocenters. The van der Waals surface area contributed by atoms with E-state index in [9.17, 15) is 0 Å². The van der Waals surface area contributed by atoms with Crippen molar-refractivity contribution in [2.75, 3.05) is 14.2 Å². The first kappa shape index (κ1) is 13.5. The molecule has 0 saturated carbocycles. The topological polar surface area (TPSA) is 60.2 Å². The second-order valence-electron chi connectivity index (χ2n) is 4.52. The molecule has 19 heavy (non-hydrogen) atoms. The van der Waals surface area contributed by atoms with E-state index in [1.54, 1.807) is 7.11 Å². The second-order valence-corrected chi connectivity index (χ2v) is 4.52. The summed E-state index contributed by atoms with van der Waals surface area (Å²) in [4.78, 5) is 4.46. The van der Waals surface area contributed by atoms with Crippen molar-refractivity contribution in [3.05, 3.63) is 30.2 Å². The lowest BCUT2D eigenvalue weighted by atomic mass is 10.0. The summed E-state index contributed by atoms with van der Waals surface area (Å²) in [5.74, 6) is 2.08. The molecule has 1 N–H and O–H groups in total. The van der Waals surface area contributed by atoms with Crippen molar-refractivity contribution in [1.29, 1.82) is 0 Å². The molecular formula is C14H19N3O2. The maximum Gasteiger partial charge on any atom is 0.231 e. The number of methoxy groups -OCH3 is 1. The number of para-hydroxylation sites is 1. The smallest absolute Gasteiger partial charge is 0.231 e. The Kier molecular flexibility index (Phi) is 4.16. The minimum Gasteiger partial charge on any atom is -0.496 e. The third-order valence-electron chi connectivity index (χ3n) is 3.38. The summed E-state index contributed by atoms with van der Waals surface area (Å²) in [7, 11) is 3.55. The van der Waals surface area contributed by atoms with Crippen molar-refractivity contribution in [3.8, 4) is 17.1 Å². The minimum absolute atomic E-state index is 0.154. The summed E-state index contributed by atoms with van der Waals surface area (Å²) in [5.41, 5.74) is 0.837. The summed E-state index contributed by atoms with van der Waals surface area (Å²) in [6, 6.07) is 7.90. The zero-order chi connectivity index (χ0) is 13.8. The van der Waals surface area contributed by atoms with Gasteiger partial charge in [-0.15, -0.1) is 0 Å². The molecule has 0 spiro atoms. The molecule has 0 aliphatic carbocycles. The second kappa shape index (κ2) is 5.84. The van der Waals surface area contributed by atoms with Gasteiger partial charge < -0.3 is 14.6 Å². The third kappa shape index (κ3) is 2.76. The lowest BCUT2D eigenvalue weighted by Crippen LogP contribution is -2.27. The van der Waals surface area contributed by atoms with Crippen molar-refractivity contribution < 1.29 is 9.26 Å². The Hall–Kier alpha value is -1.88. The van der Waals surface area contributed by atoms with Gasteiger partial charge >= 0.3 is 0 Å². The summed E-state index contributed by atoms with van der Waals surface area (Å²) in [6.07, 6.45) is 0. The molecule has 5 heteroatoms. The molecule has 2 atom stereocenters. The fourth-order valence-electron chi connectivity index (χ4n) is 1.82. The van der Waals surface area contributed by atoms with Crippen LogP contribution in [0.1, 0.15) is 25.7 Å². The third-order valence-corrected chi connectivity index (χ3v) is 3.38. The first-order valence-electron chi connectivity index (χ1n) is 6.31. The molecule has 0 fully saturated rings. The van der Waals surface area contributed by atoms with Crippen LogP contribution in [0.15, 0.2) is 28.8 Å². The number of nitrogens with zero attached hydrogens (tertiary/aromatic N) is 2. The van der Waals surface area contributed by atoms with Crippen LogP contribution < -0.4 is 10.1 Å². The van der Waals surface area contributed by atoms with E-state index in [0.717, 1.165) is 11.3 Å². The lowest BCUT2D eigenvalue weighted by molar-refractivity contribution is 0.336. The number of hydrogen-bond acceptors (Lipinski definition) is 5. The maximum atomic E-state index is 5.35. The predicted octanol–water partition coefficient (Wildman–Crippen LogP) is 2.46. The monoisotopic (exact) mass is 261 g/mol. The summed E-state index contributed by atoms with van der Waals surface area (Å²) in [5, 5.41) is 7.22. The number of hydrogen-bond donors (Lipinski definition) is 1. The van der Waals surface area contributed by atoms with Crippen molar-refractivity contribution in [1.82, 2.24) is 15.5 Å². The highest BCUT2D eigenvalue weighted by Gasteiger charge is 2.20. The van der Waals surface area contributed by atoms with E-state index in [4.69, 9.17) is 9.26 Å². The van der Waals surface area contributed by atoms with Crippen molar-refractivity contribution in [2.45, 2.75) is 25.8 Å². The van der Waals surface area contributed by atoms with E-state index >= 15 is 0 Å². The zero-order valence-electron chi connectivity index (χ0n) is 11.7. The molecular weight excluding hydrogens is 242 g/mol. The number of rotatable bonds is 5. The summed E-state index contributed by atoms with van der Waals surface area (Å²) in [6.45, 7) is 4.14. The average molecular weight is 261 g/mol. The SMILES string of the molecule is CNC(C)C(C)c1nc(-c2ccccc2OC)no1. The van der Waals surface area contributed by atoms with Crippen molar-refractivity contribution in [2.24, 2.45) is 0 Å². The molecule has 0 saturated heterocycles. The van der Waals surface area contributed by atoms with Crippen LogP contribution in [-0.4, -0.2) is 30.3 Å². The van der Waals surface area contributed by atoms with Gasteiger partial charge in [0.25, 0.3) is 0 Å². The molecule has 2 rings (SSSR count). The molecule has 1 aromatic heterocycles. The van der Waals surface area contributed by atoms with E-state index in [-0.39, 0.29) is 12.0 Å². The van der Waals surface area contributed by atoms with Crippen LogP contribution in [0.4, 0.5) is 0 Å². The Morgan fingerprint density at radius 2 is 2.00 bits per heavy atom. The van der Waals surface area contributed by atoms with E-state index in [0.29, 0.717) is 11.7 Å². The van der Waals surface area contributed by atoms with Gasteiger partial charge in [-0.05, 0) is 26.1 Å². The van der Waals surface area contributed by atoms with Crippen LogP contribution in [0.2, 0.25) is 0 Å². The molecule has 0 bridgehead atoms. The molecule has 2 aromatic rings. The van der Waals surface area contributed by atoms with Crippen LogP contribution in [0, 0.1) is 0 Å². The van der Waals surface area contributed by atoms with Gasteiger partial charge in [0.15, 0.2) is 0 Å². The van der Waals surface area contributed by atoms with Gasteiger partial charge in [-0.25, -0.2) is 0 Å². The number of ether oxygens (including phenoxy) is 1. The highest BCUT2D eigenvalue weighted by Crippen LogP contribution is 2.28. The molecule has 5 nitrogen and oxygen atoms in total. The van der Waals surface area contributed by atoms with E-state index in [1.807, 2.05) is 31.3 Å². The van der Waals surface area contributed by atoms with Gasteiger partial charge in [0.05, 0.1) is 18.6 Å². The summed E-state index contributed by atoms with van der Waals surface area (Å²) >= 11 is 0. The molecule has 1 aromatic carbocycles. The average Bonchev–Trinajstić information content (AvgIpc) is 2.95. The predicted molar refractivity (Wildman–Crippen MR) is 73.2 cm³/mol. The number of nitrogens with one attached hydrogen (secondary N) is 1. The van der Waals surface area contributed by atoms with Gasteiger partial charge in [-0.1, -0.05) is 24.2 Å². The van der Waals surface area contributed by atoms with Gasteiger partial charge in [0.2, 0.25) is 11.7 Å². The minimum atomic E-state index is 0.154. The number of benzene rings is 1. The number of aromatic nitrogens is 2. The van der Waals surface area contributed by atoms with Crippen LogP contribution >= 0.6 is 0 Å². The van der Waals surface area contributed by atoms with Crippen LogP contribution in [0.3, 0.4) is 0 Å².